The van der Waals surface area contributed by atoms with Crippen LogP contribution in [-0.2, 0) is 6.54 Å². The summed E-state index contributed by atoms with van der Waals surface area (Å²) < 4.78 is 27.3. The molecular weight excluding hydrogens is 224 g/mol. The van der Waals surface area contributed by atoms with Gasteiger partial charge < -0.3 is 5.73 Å². The van der Waals surface area contributed by atoms with Crippen molar-refractivity contribution in [1.82, 2.24) is 9.78 Å². The number of aromatic nitrogens is 2. The van der Waals surface area contributed by atoms with Gasteiger partial charge in [-0.25, -0.2) is 8.78 Å². The van der Waals surface area contributed by atoms with E-state index < -0.39 is 11.6 Å². The third-order valence-corrected chi connectivity index (χ3v) is 2.02. The van der Waals surface area contributed by atoms with Crippen LogP contribution in [0.2, 0.25) is 0 Å². The van der Waals surface area contributed by atoms with Gasteiger partial charge in [-0.3, -0.25) is 4.68 Å². The van der Waals surface area contributed by atoms with Crippen molar-refractivity contribution in [2.45, 2.75) is 6.54 Å². The standard InChI is InChI=1S/C9H9F2N3.ClH/c10-7-3-6-5-13-14(2-1-12)9(6)4-8(7)11;/h3-5H,1-2,12H2;1H. The van der Waals surface area contributed by atoms with Crippen molar-refractivity contribution < 1.29 is 8.78 Å². The highest BCUT2D eigenvalue weighted by molar-refractivity contribution is 5.85. The van der Waals surface area contributed by atoms with E-state index in [1.807, 2.05) is 0 Å². The summed E-state index contributed by atoms with van der Waals surface area (Å²) in [7, 11) is 0. The highest BCUT2D eigenvalue weighted by Gasteiger charge is 2.07. The molecule has 0 fully saturated rings. The molecule has 15 heavy (non-hydrogen) atoms. The van der Waals surface area contributed by atoms with E-state index in [-0.39, 0.29) is 12.4 Å². The molecule has 2 rings (SSSR count). The summed E-state index contributed by atoms with van der Waals surface area (Å²) in [6, 6.07) is 2.26. The lowest BCUT2D eigenvalue weighted by Crippen LogP contribution is -2.10. The van der Waals surface area contributed by atoms with Crippen molar-refractivity contribution in [3.63, 3.8) is 0 Å². The fourth-order valence-corrected chi connectivity index (χ4v) is 1.37. The number of hydrogen-bond donors (Lipinski definition) is 1. The molecule has 3 nitrogen and oxygen atoms in total. The molecule has 0 aliphatic rings. The Balaban J connectivity index is 0.00000112. The van der Waals surface area contributed by atoms with Crippen LogP contribution < -0.4 is 5.73 Å². The fourth-order valence-electron chi connectivity index (χ4n) is 1.37. The summed E-state index contributed by atoms with van der Waals surface area (Å²) in [5.74, 6) is -1.72. The first-order valence-corrected chi connectivity index (χ1v) is 4.23. The number of rotatable bonds is 2. The molecule has 6 heteroatoms. The first-order valence-electron chi connectivity index (χ1n) is 4.23. The van der Waals surface area contributed by atoms with Gasteiger partial charge in [-0.15, -0.1) is 12.4 Å². The van der Waals surface area contributed by atoms with Crippen LogP contribution in [0.3, 0.4) is 0 Å². The Kier molecular flexibility index (Phi) is 3.60. The number of nitrogens with zero attached hydrogens (tertiary/aromatic N) is 2. The van der Waals surface area contributed by atoms with Crippen LogP contribution in [0.1, 0.15) is 0 Å². The van der Waals surface area contributed by atoms with Gasteiger partial charge >= 0.3 is 0 Å². The van der Waals surface area contributed by atoms with Crippen LogP contribution in [0.5, 0.6) is 0 Å². The van der Waals surface area contributed by atoms with Crippen LogP contribution >= 0.6 is 12.4 Å². The average Bonchev–Trinajstić information content (AvgIpc) is 2.51. The quantitative estimate of drug-likeness (QED) is 0.858. The Labute approximate surface area is 91.3 Å². The average molecular weight is 234 g/mol. The van der Waals surface area contributed by atoms with Gasteiger partial charge in [0.2, 0.25) is 0 Å². The second kappa shape index (κ2) is 4.55. The van der Waals surface area contributed by atoms with Gasteiger partial charge in [-0.2, -0.15) is 5.10 Å². The number of halogens is 3. The maximum absolute atomic E-state index is 12.9. The molecule has 0 unspecified atom stereocenters. The Bertz CT molecular complexity index is 470. The monoisotopic (exact) mass is 233 g/mol. The molecule has 0 amide bonds. The molecule has 0 saturated carbocycles. The lowest BCUT2D eigenvalue weighted by molar-refractivity contribution is 0.510. The minimum Gasteiger partial charge on any atom is -0.329 e. The smallest absolute Gasteiger partial charge is 0.161 e. The molecule has 1 aromatic heterocycles. The summed E-state index contributed by atoms with van der Waals surface area (Å²) in [6.07, 6.45) is 1.49. The van der Waals surface area contributed by atoms with Crippen LogP contribution in [0.4, 0.5) is 8.78 Å². The molecule has 0 aliphatic carbocycles. The van der Waals surface area contributed by atoms with Crippen LogP contribution in [0.15, 0.2) is 18.3 Å². The van der Waals surface area contributed by atoms with E-state index >= 15 is 0 Å². The molecule has 0 radical (unpaired) electrons. The zero-order chi connectivity index (χ0) is 10.1. The minimum atomic E-state index is -0.865. The first-order chi connectivity index (χ1) is 6.72. The van der Waals surface area contributed by atoms with Crippen molar-refractivity contribution in [3.8, 4) is 0 Å². The molecule has 2 N–H and O–H groups in total. The third-order valence-electron chi connectivity index (χ3n) is 2.02. The maximum atomic E-state index is 12.9. The van der Waals surface area contributed by atoms with Gasteiger partial charge in [-0.1, -0.05) is 0 Å². The first kappa shape index (κ1) is 11.9. The normalized spacial score (nSPS) is 10.3. The summed E-state index contributed by atoms with van der Waals surface area (Å²) >= 11 is 0. The van der Waals surface area contributed by atoms with E-state index in [9.17, 15) is 8.78 Å². The third kappa shape index (κ3) is 2.08. The number of benzene rings is 1. The van der Waals surface area contributed by atoms with E-state index in [1.54, 1.807) is 4.68 Å². The van der Waals surface area contributed by atoms with Gasteiger partial charge in [0.25, 0.3) is 0 Å². The lowest BCUT2D eigenvalue weighted by Gasteiger charge is -2.00. The SMILES string of the molecule is Cl.NCCn1ncc2cc(F)c(F)cc21. The topological polar surface area (TPSA) is 43.8 Å². The van der Waals surface area contributed by atoms with Crippen molar-refractivity contribution in [3.05, 3.63) is 30.0 Å². The highest BCUT2D eigenvalue weighted by Crippen LogP contribution is 2.17. The Morgan fingerprint density at radius 2 is 1.93 bits per heavy atom. The number of hydrogen-bond acceptors (Lipinski definition) is 2. The summed E-state index contributed by atoms with van der Waals surface area (Å²) in [6.45, 7) is 0.907. The van der Waals surface area contributed by atoms with E-state index in [0.717, 1.165) is 12.1 Å². The van der Waals surface area contributed by atoms with E-state index in [4.69, 9.17) is 5.73 Å². The van der Waals surface area contributed by atoms with Crippen LogP contribution in [-0.4, -0.2) is 16.3 Å². The highest BCUT2D eigenvalue weighted by atomic mass is 35.5. The molecule has 0 aliphatic heterocycles. The molecular formula is C9H10ClF2N3. The molecule has 1 heterocycles. The van der Waals surface area contributed by atoms with E-state index in [0.29, 0.717) is 24.0 Å². The maximum Gasteiger partial charge on any atom is 0.161 e. The summed E-state index contributed by atoms with van der Waals surface area (Å²) in [5, 5.41) is 4.55. The zero-order valence-corrected chi connectivity index (χ0v) is 8.60. The summed E-state index contributed by atoms with van der Waals surface area (Å²) in [5.41, 5.74) is 5.91. The second-order valence-electron chi connectivity index (χ2n) is 2.98. The van der Waals surface area contributed by atoms with E-state index in [2.05, 4.69) is 5.10 Å². The predicted octanol–water partition coefficient (Wildman–Crippen LogP) is 1.70. The van der Waals surface area contributed by atoms with Crippen LogP contribution in [0, 0.1) is 11.6 Å². The molecule has 0 spiro atoms. The predicted molar refractivity (Wildman–Crippen MR) is 56.0 cm³/mol. The van der Waals surface area contributed by atoms with Gasteiger partial charge in [0.05, 0.1) is 18.3 Å². The Hall–Kier alpha value is -1.20. The molecule has 0 saturated heterocycles. The van der Waals surface area contributed by atoms with Gasteiger partial charge in [0.1, 0.15) is 0 Å². The van der Waals surface area contributed by atoms with Gasteiger partial charge in [0.15, 0.2) is 11.6 Å². The van der Waals surface area contributed by atoms with Crippen molar-refractivity contribution in [2.75, 3.05) is 6.54 Å². The minimum absolute atomic E-state index is 0. The number of fused-ring (bicyclic) bond motifs is 1. The van der Waals surface area contributed by atoms with Gasteiger partial charge in [0, 0.05) is 18.0 Å². The molecule has 0 atom stereocenters. The van der Waals surface area contributed by atoms with Crippen molar-refractivity contribution in [2.24, 2.45) is 5.73 Å². The van der Waals surface area contributed by atoms with E-state index in [1.165, 1.54) is 6.20 Å². The number of nitrogens with two attached hydrogens (primary N) is 1. The molecule has 0 bridgehead atoms. The Morgan fingerprint density at radius 1 is 1.27 bits per heavy atom. The largest absolute Gasteiger partial charge is 0.329 e. The molecule has 2 aromatic rings. The lowest BCUT2D eigenvalue weighted by atomic mass is 10.2. The van der Waals surface area contributed by atoms with Crippen LogP contribution in [0.25, 0.3) is 10.9 Å². The summed E-state index contributed by atoms with van der Waals surface area (Å²) in [4.78, 5) is 0. The second-order valence-corrected chi connectivity index (χ2v) is 2.98. The molecule has 82 valence electrons. The Morgan fingerprint density at radius 3 is 2.60 bits per heavy atom. The van der Waals surface area contributed by atoms with Crippen molar-refractivity contribution in [1.29, 1.82) is 0 Å². The van der Waals surface area contributed by atoms with Gasteiger partial charge in [-0.05, 0) is 6.07 Å². The van der Waals surface area contributed by atoms with Crippen molar-refractivity contribution >= 4 is 23.3 Å². The molecule has 1 aromatic carbocycles. The zero-order valence-electron chi connectivity index (χ0n) is 7.78. The fraction of sp³-hybridized carbons (Fsp3) is 0.222.